The van der Waals surface area contributed by atoms with Gasteiger partial charge in [0.15, 0.2) is 6.61 Å². The summed E-state index contributed by atoms with van der Waals surface area (Å²) in [7, 11) is 0. The zero-order valence-electron chi connectivity index (χ0n) is 12.9. The van der Waals surface area contributed by atoms with Crippen LogP contribution >= 0.6 is 11.6 Å². The van der Waals surface area contributed by atoms with E-state index in [1.807, 2.05) is 0 Å². The zero-order chi connectivity index (χ0) is 16.2. The van der Waals surface area contributed by atoms with Crippen LogP contribution in [0.2, 0.25) is 5.02 Å². The molecule has 1 aromatic rings. The van der Waals surface area contributed by atoms with Gasteiger partial charge in [-0.15, -0.1) is 0 Å². The van der Waals surface area contributed by atoms with Crippen molar-refractivity contribution >= 4 is 23.4 Å². The number of unbranched alkanes of at least 4 members (excludes halogenated alkanes) is 4. The van der Waals surface area contributed by atoms with Crippen molar-refractivity contribution in [3.05, 3.63) is 29.3 Å². The van der Waals surface area contributed by atoms with Gasteiger partial charge in [-0.05, 0) is 30.7 Å². The van der Waals surface area contributed by atoms with Crippen LogP contribution in [0.5, 0.6) is 5.75 Å². The first-order valence-corrected chi connectivity index (χ1v) is 7.95. The van der Waals surface area contributed by atoms with Crippen molar-refractivity contribution < 1.29 is 14.3 Å². The van der Waals surface area contributed by atoms with E-state index in [0.717, 1.165) is 19.3 Å². The Morgan fingerprint density at radius 1 is 1.00 bits per heavy atom. The average molecular weight is 327 g/mol. The Hall–Kier alpha value is -1.75. The second-order valence-corrected chi connectivity index (χ2v) is 5.44. The summed E-state index contributed by atoms with van der Waals surface area (Å²) in [5, 5.41) is 0.600. The van der Waals surface area contributed by atoms with Crippen molar-refractivity contribution in [2.75, 3.05) is 6.61 Å². The van der Waals surface area contributed by atoms with Crippen LogP contribution in [0.15, 0.2) is 24.3 Å². The minimum Gasteiger partial charge on any atom is -0.484 e. The van der Waals surface area contributed by atoms with Gasteiger partial charge in [0.05, 0.1) is 0 Å². The molecule has 0 heterocycles. The smallest absolute Gasteiger partial charge is 0.276 e. The van der Waals surface area contributed by atoms with Gasteiger partial charge in [0.25, 0.3) is 5.91 Å². The number of hydrogen-bond acceptors (Lipinski definition) is 3. The minimum atomic E-state index is -0.408. The predicted octanol–water partition coefficient (Wildman–Crippen LogP) is 3.23. The molecule has 122 valence electrons. The third-order valence-electron chi connectivity index (χ3n) is 3.03. The Balaban J connectivity index is 2.09. The number of carbonyl (C=O) groups is 2. The van der Waals surface area contributed by atoms with Gasteiger partial charge in [0.1, 0.15) is 5.75 Å². The van der Waals surface area contributed by atoms with Crippen molar-refractivity contribution in [3.63, 3.8) is 0 Å². The minimum absolute atomic E-state index is 0.168. The normalized spacial score (nSPS) is 10.1. The van der Waals surface area contributed by atoms with Gasteiger partial charge in [-0.1, -0.05) is 44.2 Å². The summed E-state index contributed by atoms with van der Waals surface area (Å²) in [6, 6.07) is 6.69. The molecule has 0 aliphatic carbocycles. The number of hydrazine groups is 1. The highest BCUT2D eigenvalue weighted by Crippen LogP contribution is 2.15. The Morgan fingerprint density at radius 3 is 2.32 bits per heavy atom. The van der Waals surface area contributed by atoms with E-state index in [9.17, 15) is 9.59 Å². The molecule has 1 rings (SSSR count). The van der Waals surface area contributed by atoms with Crippen molar-refractivity contribution in [1.82, 2.24) is 10.9 Å². The quantitative estimate of drug-likeness (QED) is 0.541. The van der Waals surface area contributed by atoms with Crippen molar-refractivity contribution in [2.45, 2.75) is 45.4 Å². The van der Waals surface area contributed by atoms with Crippen LogP contribution in [0.3, 0.4) is 0 Å². The molecule has 0 aliphatic heterocycles. The lowest BCUT2D eigenvalue weighted by molar-refractivity contribution is -0.130. The lowest BCUT2D eigenvalue weighted by atomic mass is 10.1. The van der Waals surface area contributed by atoms with Gasteiger partial charge < -0.3 is 4.74 Å². The molecule has 22 heavy (non-hydrogen) atoms. The van der Waals surface area contributed by atoms with Crippen molar-refractivity contribution in [1.29, 1.82) is 0 Å². The SMILES string of the molecule is CCCCCCCC(=O)NNC(=O)COc1ccc(Cl)cc1. The van der Waals surface area contributed by atoms with Gasteiger partial charge in [0, 0.05) is 11.4 Å². The Labute approximate surface area is 136 Å². The van der Waals surface area contributed by atoms with Gasteiger partial charge >= 0.3 is 0 Å². The standard InChI is InChI=1S/C16H23ClN2O3/c1-2-3-4-5-6-7-15(20)18-19-16(21)12-22-14-10-8-13(17)9-11-14/h8-11H,2-7,12H2,1H3,(H,18,20)(H,19,21). The number of halogens is 1. The van der Waals surface area contributed by atoms with Crippen LogP contribution in [0, 0.1) is 0 Å². The van der Waals surface area contributed by atoms with E-state index in [-0.39, 0.29) is 12.5 Å². The molecule has 0 radical (unpaired) electrons. The van der Waals surface area contributed by atoms with E-state index in [0.29, 0.717) is 17.2 Å². The number of amides is 2. The summed E-state index contributed by atoms with van der Waals surface area (Å²) in [6.07, 6.45) is 5.81. The molecule has 1 aromatic carbocycles. The molecular weight excluding hydrogens is 304 g/mol. The molecule has 0 fully saturated rings. The summed E-state index contributed by atoms with van der Waals surface area (Å²) in [4.78, 5) is 23.0. The second kappa shape index (κ2) is 10.9. The molecule has 2 amide bonds. The fourth-order valence-electron chi connectivity index (χ4n) is 1.81. The summed E-state index contributed by atoms with van der Waals surface area (Å²) >= 11 is 5.75. The third kappa shape index (κ3) is 8.52. The highest BCUT2D eigenvalue weighted by atomic mass is 35.5. The topological polar surface area (TPSA) is 67.4 Å². The number of rotatable bonds is 9. The van der Waals surface area contributed by atoms with E-state index >= 15 is 0 Å². The highest BCUT2D eigenvalue weighted by Gasteiger charge is 2.05. The largest absolute Gasteiger partial charge is 0.484 e. The first-order chi connectivity index (χ1) is 10.6. The van der Waals surface area contributed by atoms with Gasteiger partial charge in [-0.25, -0.2) is 0 Å². The number of ether oxygens (including phenoxy) is 1. The molecule has 0 bridgehead atoms. The number of carbonyl (C=O) groups excluding carboxylic acids is 2. The first-order valence-electron chi connectivity index (χ1n) is 7.58. The van der Waals surface area contributed by atoms with E-state index in [1.54, 1.807) is 24.3 Å². The molecular formula is C16H23ClN2O3. The summed E-state index contributed by atoms with van der Waals surface area (Å²) in [5.41, 5.74) is 4.71. The van der Waals surface area contributed by atoms with Crippen LogP contribution < -0.4 is 15.6 Å². The molecule has 5 nitrogen and oxygen atoms in total. The molecule has 0 unspecified atom stereocenters. The predicted molar refractivity (Wildman–Crippen MR) is 86.6 cm³/mol. The molecule has 6 heteroatoms. The van der Waals surface area contributed by atoms with Crippen LogP contribution in [0.4, 0.5) is 0 Å². The molecule has 0 spiro atoms. The van der Waals surface area contributed by atoms with E-state index in [2.05, 4.69) is 17.8 Å². The molecule has 0 aromatic heterocycles. The number of benzene rings is 1. The summed E-state index contributed by atoms with van der Waals surface area (Å²) in [6.45, 7) is 1.98. The van der Waals surface area contributed by atoms with Gasteiger partial charge in [-0.3, -0.25) is 20.4 Å². The van der Waals surface area contributed by atoms with Crippen molar-refractivity contribution in [3.8, 4) is 5.75 Å². The fourth-order valence-corrected chi connectivity index (χ4v) is 1.93. The van der Waals surface area contributed by atoms with E-state index in [1.165, 1.54) is 12.8 Å². The zero-order valence-corrected chi connectivity index (χ0v) is 13.6. The lowest BCUT2D eigenvalue weighted by Crippen LogP contribution is -2.43. The molecule has 0 saturated carbocycles. The number of hydrogen-bond donors (Lipinski definition) is 2. The lowest BCUT2D eigenvalue weighted by Gasteiger charge is -2.08. The van der Waals surface area contributed by atoms with E-state index < -0.39 is 5.91 Å². The third-order valence-corrected chi connectivity index (χ3v) is 3.28. The van der Waals surface area contributed by atoms with Crippen molar-refractivity contribution in [2.24, 2.45) is 0 Å². The second-order valence-electron chi connectivity index (χ2n) is 5.00. The van der Waals surface area contributed by atoms with Crippen LogP contribution in [0.25, 0.3) is 0 Å². The first kappa shape index (κ1) is 18.3. The Kier molecular flexibility index (Phi) is 9.07. The maximum absolute atomic E-state index is 11.5. The van der Waals surface area contributed by atoms with Crippen LogP contribution in [-0.2, 0) is 9.59 Å². The van der Waals surface area contributed by atoms with E-state index in [4.69, 9.17) is 16.3 Å². The Morgan fingerprint density at radius 2 is 1.64 bits per heavy atom. The monoisotopic (exact) mass is 326 g/mol. The number of nitrogens with one attached hydrogen (secondary N) is 2. The summed E-state index contributed by atoms with van der Waals surface area (Å²) < 4.78 is 5.26. The van der Waals surface area contributed by atoms with Gasteiger partial charge in [-0.2, -0.15) is 0 Å². The molecule has 2 N–H and O–H groups in total. The molecule has 0 atom stereocenters. The van der Waals surface area contributed by atoms with Crippen LogP contribution in [-0.4, -0.2) is 18.4 Å². The molecule has 0 aliphatic rings. The average Bonchev–Trinajstić information content (AvgIpc) is 2.52. The fraction of sp³-hybridized carbons (Fsp3) is 0.500. The van der Waals surface area contributed by atoms with Crippen LogP contribution in [0.1, 0.15) is 45.4 Å². The highest BCUT2D eigenvalue weighted by molar-refractivity contribution is 6.30. The molecule has 0 saturated heterocycles. The maximum atomic E-state index is 11.5. The Bertz CT molecular complexity index is 463. The maximum Gasteiger partial charge on any atom is 0.276 e. The van der Waals surface area contributed by atoms with Gasteiger partial charge in [0.2, 0.25) is 5.91 Å². The summed E-state index contributed by atoms with van der Waals surface area (Å²) in [5.74, 6) is -0.0487.